The lowest BCUT2D eigenvalue weighted by atomic mass is 9.57. The van der Waals surface area contributed by atoms with Crippen molar-refractivity contribution >= 4 is 17.5 Å². The molecule has 1 aliphatic heterocycles. The molecule has 6 nitrogen and oxygen atoms in total. The fourth-order valence-electron chi connectivity index (χ4n) is 3.48. The second-order valence-corrected chi connectivity index (χ2v) is 6.80. The van der Waals surface area contributed by atoms with Gasteiger partial charge in [0.1, 0.15) is 23.0 Å². The number of rotatable bonds is 4. The van der Waals surface area contributed by atoms with Gasteiger partial charge in [0.05, 0.1) is 6.20 Å². The second kappa shape index (κ2) is 6.00. The molecule has 25 heavy (non-hydrogen) atoms. The lowest BCUT2D eigenvalue weighted by Gasteiger charge is -2.53. The summed E-state index contributed by atoms with van der Waals surface area (Å²) in [5.41, 5.74) is 0.760. The number of amides is 1. The molecule has 2 aromatic rings. The maximum absolute atomic E-state index is 12.9. The van der Waals surface area contributed by atoms with E-state index in [4.69, 9.17) is 0 Å². The van der Waals surface area contributed by atoms with Crippen LogP contribution in [0.3, 0.4) is 0 Å². The quantitative estimate of drug-likeness (QED) is 0.832. The molecule has 2 aromatic heterocycles. The predicted molar refractivity (Wildman–Crippen MR) is 88.7 cm³/mol. The molecule has 2 N–H and O–H groups in total. The van der Waals surface area contributed by atoms with E-state index in [0.29, 0.717) is 11.1 Å². The lowest BCUT2D eigenvalue weighted by molar-refractivity contribution is 0.00584. The topological polar surface area (TPSA) is 84.0 Å². The number of ketones is 1. The number of halogens is 1. The van der Waals surface area contributed by atoms with Crippen LogP contribution in [0, 0.1) is 17.2 Å². The summed E-state index contributed by atoms with van der Waals surface area (Å²) in [6.07, 6.45) is 2.78. The van der Waals surface area contributed by atoms with Crippen LogP contribution >= 0.6 is 0 Å². The van der Waals surface area contributed by atoms with Gasteiger partial charge in [0, 0.05) is 19.0 Å². The van der Waals surface area contributed by atoms with E-state index in [-0.39, 0.29) is 23.2 Å². The number of anilines is 1. The van der Waals surface area contributed by atoms with Crippen molar-refractivity contribution in [3.8, 4) is 0 Å². The van der Waals surface area contributed by atoms with Crippen LogP contribution in [0.1, 0.15) is 33.8 Å². The molecule has 3 heterocycles. The number of nitrogens with zero attached hydrogens (tertiary/aromatic N) is 2. The molecule has 7 heteroatoms. The zero-order chi connectivity index (χ0) is 17.4. The van der Waals surface area contributed by atoms with Crippen LogP contribution in [0.4, 0.5) is 10.2 Å². The van der Waals surface area contributed by atoms with E-state index < -0.39 is 11.7 Å². The molecule has 1 saturated carbocycles. The zero-order valence-electron chi connectivity index (χ0n) is 13.5. The monoisotopic (exact) mass is 340 g/mol. The van der Waals surface area contributed by atoms with Crippen LogP contribution in [0.5, 0.6) is 0 Å². The molecule has 4 rings (SSSR count). The number of carbonyl (C=O) groups is 2. The third-order valence-electron chi connectivity index (χ3n) is 4.93. The Kier molecular flexibility index (Phi) is 3.80. The minimum atomic E-state index is -0.512. The Labute approximate surface area is 143 Å². The number of hydrogen-bond acceptors (Lipinski definition) is 5. The van der Waals surface area contributed by atoms with Gasteiger partial charge in [-0.05, 0) is 42.5 Å². The van der Waals surface area contributed by atoms with Crippen molar-refractivity contribution in [1.82, 2.24) is 15.3 Å². The van der Waals surface area contributed by atoms with Gasteiger partial charge in [-0.25, -0.2) is 14.4 Å². The van der Waals surface area contributed by atoms with Crippen LogP contribution in [-0.2, 0) is 0 Å². The van der Waals surface area contributed by atoms with Gasteiger partial charge in [-0.2, -0.15) is 0 Å². The Morgan fingerprint density at radius 2 is 1.96 bits per heavy atom. The minimum Gasteiger partial charge on any atom is -0.316 e. The summed E-state index contributed by atoms with van der Waals surface area (Å²) in [6.45, 7) is 1.98. The molecule has 0 unspecified atom stereocenters. The number of nitrogens with one attached hydrogen (secondary N) is 2. The zero-order valence-corrected chi connectivity index (χ0v) is 13.5. The Bertz CT molecular complexity index is 825. The van der Waals surface area contributed by atoms with E-state index in [1.807, 2.05) is 0 Å². The Hall–Kier alpha value is -2.67. The molecular formula is C18H17FN4O2. The molecule has 128 valence electrons. The van der Waals surface area contributed by atoms with Crippen molar-refractivity contribution in [1.29, 1.82) is 0 Å². The largest absolute Gasteiger partial charge is 0.316 e. The third kappa shape index (κ3) is 3.02. The number of aromatic nitrogens is 2. The van der Waals surface area contributed by atoms with E-state index in [1.165, 1.54) is 6.07 Å². The van der Waals surface area contributed by atoms with Crippen LogP contribution in [0.25, 0.3) is 0 Å². The van der Waals surface area contributed by atoms with E-state index in [9.17, 15) is 14.0 Å². The van der Waals surface area contributed by atoms with Gasteiger partial charge in [-0.3, -0.25) is 9.59 Å². The summed E-state index contributed by atoms with van der Waals surface area (Å²) in [5.74, 6) is -0.698. The standard InChI is InChI=1S/C18H17FN4O2/c19-12-4-5-14(21-8-12)17(25)23-15-3-1-2-13(22-15)16(24)11-6-18(7-11)9-20-10-18/h1-5,8,11,20H,6-7,9-10H2,(H,22,23,25). The first-order valence-electron chi connectivity index (χ1n) is 8.20. The molecule has 0 aromatic carbocycles. The molecule has 0 radical (unpaired) electrons. The maximum Gasteiger partial charge on any atom is 0.275 e. The Morgan fingerprint density at radius 1 is 1.16 bits per heavy atom. The van der Waals surface area contributed by atoms with Gasteiger partial charge in [0.15, 0.2) is 5.78 Å². The highest BCUT2D eigenvalue weighted by atomic mass is 19.1. The van der Waals surface area contributed by atoms with Crippen molar-refractivity contribution in [2.45, 2.75) is 12.8 Å². The van der Waals surface area contributed by atoms with Gasteiger partial charge >= 0.3 is 0 Å². The first kappa shape index (κ1) is 15.8. The van der Waals surface area contributed by atoms with Crippen LogP contribution in [0.2, 0.25) is 0 Å². The first-order chi connectivity index (χ1) is 12.0. The van der Waals surface area contributed by atoms with Gasteiger partial charge in [0.2, 0.25) is 0 Å². The van der Waals surface area contributed by atoms with E-state index >= 15 is 0 Å². The number of carbonyl (C=O) groups excluding carboxylic acids is 2. The highest BCUT2D eigenvalue weighted by Gasteiger charge is 2.51. The van der Waals surface area contributed by atoms with Gasteiger partial charge < -0.3 is 10.6 Å². The molecular weight excluding hydrogens is 323 g/mol. The predicted octanol–water partition coefficient (Wildman–Crippen LogP) is 2.05. The van der Waals surface area contributed by atoms with Crippen molar-refractivity contribution < 1.29 is 14.0 Å². The van der Waals surface area contributed by atoms with Crippen LogP contribution in [0.15, 0.2) is 36.5 Å². The molecule has 1 amide bonds. The van der Waals surface area contributed by atoms with E-state index in [1.54, 1.807) is 18.2 Å². The molecule has 1 aliphatic carbocycles. The fourth-order valence-corrected chi connectivity index (χ4v) is 3.48. The fraction of sp³-hybridized carbons (Fsp3) is 0.333. The summed E-state index contributed by atoms with van der Waals surface area (Å²) in [5, 5.41) is 5.84. The average Bonchev–Trinajstić information content (AvgIpc) is 2.53. The Balaban J connectivity index is 1.43. The summed E-state index contributed by atoms with van der Waals surface area (Å²) in [4.78, 5) is 32.6. The molecule has 0 bridgehead atoms. The first-order valence-corrected chi connectivity index (χ1v) is 8.20. The molecule has 2 fully saturated rings. The normalized spacial score (nSPS) is 18.3. The van der Waals surface area contributed by atoms with Gasteiger partial charge in [0.25, 0.3) is 5.91 Å². The molecule has 1 saturated heterocycles. The second-order valence-electron chi connectivity index (χ2n) is 6.80. The summed E-state index contributed by atoms with van der Waals surface area (Å²) in [6, 6.07) is 7.42. The van der Waals surface area contributed by atoms with Crippen LogP contribution in [-0.4, -0.2) is 34.7 Å². The molecule has 1 spiro atoms. The van der Waals surface area contributed by atoms with Gasteiger partial charge in [-0.15, -0.1) is 0 Å². The Morgan fingerprint density at radius 3 is 2.60 bits per heavy atom. The minimum absolute atomic E-state index is 0.0133. The van der Waals surface area contributed by atoms with E-state index in [0.717, 1.165) is 38.2 Å². The summed E-state index contributed by atoms with van der Waals surface area (Å²) < 4.78 is 12.9. The van der Waals surface area contributed by atoms with Crippen molar-refractivity contribution in [3.05, 3.63) is 53.7 Å². The van der Waals surface area contributed by atoms with Crippen molar-refractivity contribution in [3.63, 3.8) is 0 Å². The average molecular weight is 340 g/mol. The highest BCUT2D eigenvalue weighted by Crippen LogP contribution is 2.49. The number of pyridine rings is 2. The summed E-state index contributed by atoms with van der Waals surface area (Å²) >= 11 is 0. The SMILES string of the molecule is O=C(Nc1cccc(C(=O)C2CC3(CNC3)C2)n1)c1ccc(F)cn1. The third-order valence-corrected chi connectivity index (χ3v) is 4.93. The molecule has 2 aliphatic rings. The van der Waals surface area contributed by atoms with E-state index in [2.05, 4.69) is 20.6 Å². The van der Waals surface area contributed by atoms with Crippen molar-refractivity contribution in [2.75, 3.05) is 18.4 Å². The van der Waals surface area contributed by atoms with Crippen molar-refractivity contribution in [2.24, 2.45) is 11.3 Å². The van der Waals surface area contributed by atoms with Crippen LogP contribution < -0.4 is 10.6 Å². The lowest BCUT2D eigenvalue weighted by Crippen LogP contribution is -2.61. The summed E-state index contributed by atoms with van der Waals surface area (Å²) in [7, 11) is 0. The number of hydrogen-bond donors (Lipinski definition) is 2. The smallest absolute Gasteiger partial charge is 0.275 e. The maximum atomic E-state index is 12.9. The number of Topliss-reactive ketones (excluding diaryl/α,β-unsaturated/α-hetero) is 1. The highest BCUT2D eigenvalue weighted by molar-refractivity contribution is 6.03. The molecule has 0 atom stereocenters. The van der Waals surface area contributed by atoms with Gasteiger partial charge in [-0.1, -0.05) is 6.07 Å².